The summed E-state index contributed by atoms with van der Waals surface area (Å²) in [5.41, 5.74) is 0.545. The third kappa shape index (κ3) is 4.92. The molecule has 4 rings (SSSR count). The first-order chi connectivity index (χ1) is 14.2. The Morgan fingerprint density at radius 3 is 2.86 bits per heavy atom. The number of rotatable bonds is 9. The minimum Gasteiger partial charge on any atom is -0.467 e. The molecule has 0 atom stereocenters. The first-order valence-corrected chi connectivity index (χ1v) is 10.9. The van der Waals surface area contributed by atoms with Gasteiger partial charge in [0, 0.05) is 29.7 Å². The van der Waals surface area contributed by atoms with Gasteiger partial charge in [0.1, 0.15) is 5.76 Å². The topological polar surface area (TPSA) is 65.8 Å². The first kappa shape index (κ1) is 19.8. The van der Waals surface area contributed by atoms with Crippen molar-refractivity contribution in [3.8, 4) is 0 Å². The normalized spacial score (nSPS) is 11.3. The molecule has 0 fully saturated rings. The fraction of sp³-hybridized carbons (Fsp3) is 0.286. The summed E-state index contributed by atoms with van der Waals surface area (Å²) in [5, 5.41) is 6.04. The number of fused-ring (bicyclic) bond motifs is 1. The van der Waals surface area contributed by atoms with Crippen LogP contribution in [0.25, 0.3) is 10.9 Å². The average molecular weight is 429 g/mol. The van der Waals surface area contributed by atoms with Crippen LogP contribution >= 0.6 is 23.4 Å². The second kappa shape index (κ2) is 9.33. The van der Waals surface area contributed by atoms with Gasteiger partial charge in [0.25, 0.3) is 5.56 Å². The molecule has 150 valence electrons. The van der Waals surface area contributed by atoms with E-state index in [9.17, 15) is 4.79 Å². The van der Waals surface area contributed by atoms with Crippen molar-refractivity contribution in [1.82, 2.24) is 19.3 Å². The molecule has 4 aromatic rings. The van der Waals surface area contributed by atoms with Crippen LogP contribution < -0.4 is 5.56 Å². The number of unbranched alkanes of at least 4 members (excludes halogenated alkanes) is 2. The Morgan fingerprint density at radius 2 is 2.07 bits per heavy atom. The summed E-state index contributed by atoms with van der Waals surface area (Å²) >= 11 is 7.70. The smallest absolute Gasteiger partial charge is 0.262 e. The highest BCUT2D eigenvalue weighted by molar-refractivity contribution is 7.99. The fourth-order valence-electron chi connectivity index (χ4n) is 3.13. The van der Waals surface area contributed by atoms with E-state index in [0.717, 1.165) is 37.3 Å². The van der Waals surface area contributed by atoms with Crippen LogP contribution in [0.15, 0.2) is 69.4 Å². The van der Waals surface area contributed by atoms with Crippen LogP contribution in [0.1, 0.15) is 25.0 Å². The van der Waals surface area contributed by atoms with Gasteiger partial charge in [-0.15, -0.1) is 0 Å². The standard InChI is InChI=1S/C21H21ClN4O2S/c22-16-7-8-18-19(14-16)24-21(26(20(18)27)15-17-6-4-12-28-17)29-13-3-1-2-10-25-11-5-9-23-25/h4-9,11-12,14H,1-3,10,13,15H2. The molecule has 3 heterocycles. The average Bonchev–Trinajstić information content (AvgIpc) is 3.41. The molecule has 0 N–H and O–H groups in total. The van der Waals surface area contributed by atoms with Crippen molar-refractivity contribution in [3.05, 3.63) is 76.2 Å². The van der Waals surface area contributed by atoms with Crippen LogP contribution in [0.4, 0.5) is 0 Å². The maximum absolute atomic E-state index is 13.1. The minimum absolute atomic E-state index is 0.0794. The lowest BCUT2D eigenvalue weighted by atomic mass is 10.2. The summed E-state index contributed by atoms with van der Waals surface area (Å²) in [6, 6.07) is 10.8. The molecule has 0 saturated carbocycles. The number of aromatic nitrogens is 4. The molecular weight excluding hydrogens is 408 g/mol. The van der Waals surface area contributed by atoms with Gasteiger partial charge in [-0.1, -0.05) is 29.8 Å². The van der Waals surface area contributed by atoms with E-state index < -0.39 is 0 Å². The molecule has 6 nitrogen and oxygen atoms in total. The van der Waals surface area contributed by atoms with Crippen LogP contribution in [0.2, 0.25) is 5.02 Å². The largest absolute Gasteiger partial charge is 0.467 e. The quantitative estimate of drug-likeness (QED) is 0.216. The number of nitrogens with zero attached hydrogens (tertiary/aromatic N) is 4. The Kier molecular flexibility index (Phi) is 6.36. The lowest BCUT2D eigenvalue weighted by Crippen LogP contribution is -2.24. The molecule has 3 aromatic heterocycles. The van der Waals surface area contributed by atoms with Gasteiger partial charge in [-0.3, -0.25) is 14.0 Å². The molecule has 0 aliphatic heterocycles. The summed E-state index contributed by atoms with van der Waals surface area (Å²) in [4.78, 5) is 17.8. The van der Waals surface area contributed by atoms with E-state index in [4.69, 9.17) is 21.0 Å². The SMILES string of the molecule is O=c1c2ccc(Cl)cc2nc(SCCCCCn2cccn2)n1Cc1ccco1. The molecule has 8 heteroatoms. The Labute approximate surface area is 177 Å². The highest BCUT2D eigenvalue weighted by Gasteiger charge is 2.13. The zero-order chi connectivity index (χ0) is 20.1. The Bertz CT molecular complexity index is 1120. The molecule has 29 heavy (non-hydrogen) atoms. The van der Waals surface area contributed by atoms with E-state index in [2.05, 4.69) is 5.10 Å². The third-order valence-corrected chi connectivity index (χ3v) is 5.90. The predicted octanol–water partition coefficient (Wildman–Crippen LogP) is 4.85. The minimum atomic E-state index is -0.0794. The molecule has 0 spiro atoms. The van der Waals surface area contributed by atoms with E-state index in [1.165, 1.54) is 0 Å². The van der Waals surface area contributed by atoms with Crippen LogP contribution in [-0.2, 0) is 13.1 Å². The summed E-state index contributed by atoms with van der Waals surface area (Å²) in [7, 11) is 0. The summed E-state index contributed by atoms with van der Waals surface area (Å²) < 4.78 is 9.08. The van der Waals surface area contributed by atoms with Crippen molar-refractivity contribution < 1.29 is 4.42 Å². The van der Waals surface area contributed by atoms with Gasteiger partial charge in [-0.2, -0.15) is 5.10 Å². The maximum atomic E-state index is 13.1. The number of aryl methyl sites for hydroxylation is 1. The molecule has 0 unspecified atom stereocenters. The van der Waals surface area contributed by atoms with Gasteiger partial charge in [-0.25, -0.2) is 4.98 Å². The third-order valence-electron chi connectivity index (χ3n) is 4.60. The van der Waals surface area contributed by atoms with E-state index in [1.54, 1.807) is 47.0 Å². The van der Waals surface area contributed by atoms with Gasteiger partial charge in [0.2, 0.25) is 0 Å². The van der Waals surface area contributed by atoms with Crippen molar-refractivity contribution >= 4 is 34.3 Å². The summed E-state index contributed by atoms with van der Waals surface area (Å²) in [5.74, 6) is 1.61. The van der Waals surface area contributed by atoms with Crippen LogP contribution in [0.5, 0.6) is 0 Å². The lowest BCUT2D eigenvalue weighted by Gasteiger charge is -2.12. The second-order valence-corrected chi connectivity index (χ2v) is 8.20. The monoisotopic (exact) mass is 428 g/mol. The number of hydrogen-bond donors (Lipinski definition) is 0. The maximum Gasteiger partial charge on any atom is 0.262 e. The van der Waals surface area contributed by atoms with Gasteiger partial charge in [-0.05, 0) is 49.2 Å². The number of benzene rings is 1. The zero-order valence-electron chi connectivity index (χ0n) is 15.8. The van der Waals surface area contributed by atoms with Crippen LogP contribution in [-0.4, -0.2) is 25.1 Å². The molecule has 0 saturated heterocycles. The molecule has 0 radical (unpaired) electrons. The molecular formula is C21H21ClN4O2S. The fourth-order valence-corrected chi connectivity index (χ4v) is 4.29. The van der Waals surface area contributed by atoms with Gasteiger partial charge in [0.15, 0.2) is 5.16 Å². The molecule has 1 aromatic carbocycles. The summed E-state index contributed by atoms with van der Waals surface area (Å²) in [6.45, 7) is 1.28. The van der Waals surface area contributed by atoms with Gasteiger partial charge in [0.05, 0.1) is 23.7 Å². The predicted molar refractivity (Wildman–Crippen MR) is 116 cm³/mol. The highest BCUT2D eigenvalue weighted by Crippen LogP contribution is 2.22. The molecule has 0 aliphatic rings. The Hall–Kier alpha value is -2.51. The molecule has 0 bridgehead atoms. The Morgan fingerprint density at radius 1 is 1.14 bits per heavy atom. The molecule has 0 amide bonds. The van der Waals surface area contributed by atoms with E-state index in [0.29, 0.717) is 27.6 Å². The van der Waals surface area contributed by atoms with Crippen molar-refractivity contribution in [1.29, 1.82) is 0 Å². The van der Waals surface area contributed by atoms with Crippen LogP contribution in [0.3, 0.4) is 0 Å². The molecule has 0 aliphatic carbocycles. The van der Waals surface area contributed by atoms with Gasteiger partial charge < -0.3 is 4.42 Å². The van der Waals surface area contributed by atoms with E-state index >= 15 is 0 Å². The van der Waals surface area contributed by atoms with Crippen molar-refractivity contribution in [2.45, 2.75) is 37.5 Å². The highest BCUT2D eigenvalue weighted by atomic mass is 35.5. The Balaban J connectivity index is 1.47. The number of furan rings is 1. The first-order valence-electron chi connectivity index (χ1n) is 9.53. The van der Waals surface area contributed by atoms with Crippen LogP contribution in [0, 0.1) is 0 Å². The van der Waals surface area contributed by atoms with Crippen molar-refractivity contribution in [2.24, 2.45) is 0 Å². The lowest BCUT2D eigenvalue weighted by molar-refractivity contribution is 0.476. The number of thioether (sulfide) groups is 1. The second-order valence-electron chi connectivity index (χ2n) is 6.70. The van der Waals surface area contributed by atoms with E-state index in [-0.39, 0.29) is 5.56 Å². The number of halogens is 1. The van der Waals surface area contributed by atoms with Gasteiger partial charge >= 0.3 is 0 Å². The zero-order valence-corrected chi connectivity index (χ0v) is 17.4. The van der Waals surface area contributed by atoms with E-state index in [1.807, 2.05) is 29.1 Å². The summed E-state index contributed by atoms with van der Waals surface area (Å²) in [6.07, 6.45) is 8.59. The van der Waals surface area contributed by atoms with Crippen molar-refractivity contribution in [3.63, 3.8) is 0 Å². The van der Waals surface area contributed by atoms with Crippen molar-refractivity contribution in [2.75, 3.05) is 5.75 Å². The number of hydrogen-bond acceptors (Lipinski definition) is 5.